The van der Waals surface area contributed by atoms with Gasteiger partial charge in [-0.05, 0) is 78.1 Å². The quantitative estimate of drug-likeness (QED) is 0.244. The molecule has 7 nitrogen and oxygen atoms in total. The highest BCUT2D eigenvalue weighted by atomic mass is 35.5. The van der Waals surface area contributed by atoms with Crippen molar-refractivity contribution in [3.05, 3.63) is 118 Å². The van der Waals surface area contributed by atoms with Crippen molar-refractivity contribution in [2.75, 3.05) is 11.1 Å². The van der Waals surface area contributed by atoms with Crippen LogP contribution in [0.15, 0.2) is 91.0 Å². The second-order valence-electron chi connectivity index (χ2n) is 9.43. The molecule has 4 aromatic carbocycles. The molecule has 2 amide bonds. The van der Waals surface area contributed by atoms with Gasteiger partial charge in [-0.1, -0.05) is 54.1 Å². The fourth-order valence-corrected chi connectivity index (χ4v) is 5.28. The van der Waals surface area contributed by atoms with Gasteiger partial charge in [0.25, 0.3) is 11.8 Å². The molecule has 0 saturated heterocycles. The minimum absolute atomic E-state index is 0.251. The van der Waals surface area contributed by atoms with Crippen molar-refractivity contribution in [1.29, 1.82) is 0 Å². The fraction of sp³-hybridized carbons (Fsp3) is 0.0645. The topological polar surface area (TPSA) is 116 Å². The number of nitrogens with zero attached hydrogens (tertiary/aromatic N) is 2. The smallest absolute Gasteiger partial charge is 0.269 e. The number of amides is 2. The van der Waals surface area contributed by atoms with E-state index in [-0.39, 0.29) is 11.6 Å². The molecule has 8 heteroatoms. The summed E-state index contributed by atoms with van der Waals surface area (Å²) in [7, 11) is 0. The van der Waals surface area contributed by atoms with Crippen molar-refractivity contribution in [2.45, 2.75) is 12.8 Å². The van der Waals surface area contributed by atoms with Crippen molar-refractivity contribution >= 4 is 34.8 Å². The fourth-order valence-electron chi connectivity index (χ4n) is 5.06. The number of hydrogen-bond donors (Lipinski definition) is 3. The summed E-state index contributed by atoms with van der Waals surface area (Å²) in [5.41, 5.74) is 20.0. The van der Waals surface area contributed by atoms with Gasteiger partial charge in [-0.15, -0.1) is 0 Å². The first-order chi connectivity index (χ1) is 18.9. The van der Waals surface area contributed by atoms with Crippen LogP contribution in [-0.4, -0.2) is 21.6 Å². The lowest BCUT2D eigenvalue weighted by Gasteiger charge is -2.20. The summed E-state index contributed by atoms with van der Waals surface area (Å²) in [6, 6.07) is 28.2. The Morgan fingerprint density at radius 2 is 1.67 bits per heavy atom. The van der Waals surface area contributed by atoms with Gasteiger partial charge in [-0.2, -0.15) is 5.10 Å². The van der Waals surface area contributed by atoms with Crippen molar-refractivity contribution in [2.24, 2.45) is 5.73 Å². The zero-order chi connectivity index (χ0) is 27.1. The zero-order valence-electron chi connectivity index (χ0n) is 20.8. The minimum atomic E-state index is -0.576. The zero-order valence-corrected chi connectivity index (χ0v) is 21.6. The molecule has 0 fully saturated rings. The van der Waals surface area contributed by atoms with Gasteiger partial charge >= 0.3 is 0 Å². The first-order valence-electron chi connectivity index (χ1n) is 12.5. The van der Waals surface area contributed by atoms with Crippen LogP contribution in [0.1, 0.15) is 32.0 Å². The number of carbonyl (C=O) groups is 2. The molecule has 0 aliphatic heterocycles. The third kappa shape index (κ3) is 4.53. The van der Waals surface area contributed by atoms with Crippen molar-refractivity contribution in [1.82, 2.24) is 9.78 Å². The van der Waals surface area contributed by atoms with Crippen molar-refractivity contribution < 1.29 is 9.59 Å². The number of anilines is 2. The highest BCUT2D eigenvalue weighted by Gasteiger charge is 2.28. The summed E-state index contributed by atoms with van der Waals surface area (Å²) in [5.74, 6) is -0.881. The number of nitrogens with two attached hydrogens (primary N) is 2. The molecule has 0 atom stereocenters. The SMILES string of the molecule is NC(=O)c1nn(-c2ccc(-c3cccc(N)c3)cc2)c2c1CCc1ccc(NC(=O)c3ccccc3Cl)cc1-2. The number of aryl methyl sites for hydroxylation is 1. The van der Waals surface area contributed by atoms with E-state index in [9.17, 15) is 9.59 Å². The van der Waals surface area contributed by atoms with Crippen LogP contribution in [0.25, 0.3) is 28.1 Å². The van der Waals surface area contributed by atoms with E-state index in [1.807, 2.05) is 66.7 Å². The van der Waals surface area contributed by atoms with Gasteiger partial charge < -0.3 is 16.8 Å². The highest BCUT2D eigenvalue weighted by molar-refractivity contribution is 6.34. The number of halogens is 1. The van der Waals surface area contributed by atoms with Gasteiger partial charge in [0.15, 0.2) is 5.69 Å². The lowest BCUT2D eigenvalue weighted by Crippen LogP contribution is -2.15. The predicted octanol–water partition coefficient (Wildman–Crippen LogP) is 5.89. The van der Waals surface area contributed by atoms with Gasteiger partial charge in [0, 0.05) is 22.5 Å². The number of fused-ring (bicyclic) bond motifs is 3. The average Bonchev–Trinajstić information content (AvgIpc) is 3.34. The van der Waals surface area contributed by atoms with Crippen LogP contribution in [0.4, 0.5) is 11.4 Å². The normalized spacial score (nSPS) is 11.9. The molecule has 5 N–H and O–H groups in total. The van der Waals surface area contributed by atoms with Crippen LogP contribution < -0.4 is 16.8 Å². The van der Waals surface area contributed by atoms with Crippen LogP contribution in [0.3, 0.4) is 0 Å². The molecule has 0 bridgehead atoms. The molecule has 6 rings (SSSR count). The number of nitrogen functional groups attached to an aromatic ring is 1. The van der Waals surface area contributed by atoms with E-state index in [1.54, 1.807) is 28.9 Å². The molecule has 192 valence electrons. The third-order valence-corrected chi connectivity index (χ3v) is 7.26. The molecule has 5 aromatic rings. The van der Waals surface area contributed by atoms with E-state index in [2.05, 4.69) is 10.4 Å². The van der Waals surface area contributed by atoms with Gasteiger partial charge in [0.05, 0.1) is 22.0 Å². The van der Waals surface area contributed by atoms with Crippen LogP contribution in [0.2, 0.25) is 5.02 Å². The summed E-state index contributed by atoms with van der Waals surface area (Å²) in [4.78, 5) is 25.3. The molecular weight excluding hydrogens is 510 g/mol. The second-order valence-corrected chi connectivity index (χ2v) is 9.84. The van der Waals surface area contributed by atoms with Gasteiger partial charge in [0.1, 0.15) is 0 Å². The monoisotopic (exact) mass is 533 g/mol. The van der Waals surface area contributed by atoms with E-state index >= 15 is 0 Å². The second kappa shape index (κ2) is 9.78. The summed E-state index contributed by atoms with van der Waals surface area (Å²) < 4.78 is 1.76. The maximum absolute atomic E-state index is 12.9. The highest BCUT2D eigenvalue weighted by Crippen LogP contribution is 2.39. The largest absolute Gasteiger partial charge is 0.399 e. The van der Waals surface area contributed by atoms with Gasteiger partial charge in [-0.25, -0.2) is 4.68 Å². The van der Waals surface area contributed by atoms with E-state index < -0.39 is 5.91 Å². The third-order valence-electron chi connectivity index (χ3n) is 6.93. The van der Waals surface area contributed by atoms with E-state index in [4.69, 9.17) is 23.1 Å². The Balaban J connectivity index is 1.42. The predicted molar refractivity (Wildman–Crippen MR) is 154 cm³/mol. The Hall–Kier alpha value is -4.88. The number of benzene rings is 4. The van der Waals surface area contributed by atoms with Crippen LogP contribution in [0.5, 0.6) is 0 Å². The van der Waals surface area contributed by atoms with Crippen molar-refractivity contribution in [3.8, 4) is 28.1 Å². The number of aromatic nitrogens is 2. The van der Waals surface area contributed by atoms with Crippen LogP contribution >= 0.6 is 11.6 Å². The maximum atomic E-state index is 12.9. The van der Waals surface area contributed by atoms with E-state index in [0.717, 1.165) is 45.6 Å². The molecular formula is C31H24ClN5O2. The Labute approximate surface area is 230 Å². The minimum Gasteiger partial charge on any atom is -0.399 e. The van der Waals surface area contributed by atoms with Gasteiger partial charge in [-0.3, -0.25) is 9.59 Å². The molecule has 0 radical (unpaired) electrons. The summed E-state index contributed by atoms with van der Waals surface area (Å²) >= 11 is 6.22. The van der Waals surface area contributed by atoms with Crippen molar-refractivity contribution in [3.63, 3.8) is 0 Å². The Morgan fingerprint density at radius 1 is 0.872 bits per heavy atom. The molecule has 39 heavy (non-hydrogen) atoms. The molecule has 1 heterocycles. The summed E-state index contributed by atoms with van der Waals surface area (Å²) in [6.45, 7) is 0. The van der Waals surface area contributed by atoms with Crippen LogP contribution in [-0.2, 0) is 12.8 Å². The maximum Gasteiger partial charge on any atom is 0.269 e. The van der Waals surface area contributed by atoms with E-state index in [0.29, 0.717) is 28.4 Å². The molecule has 0 spiro atoms. The Bertz CT molecular complexity index is 1760. The Kier molecular flexibility index (Phi) is 6.13. The summed E-state index contributed by atoms with van der Waals surface area (Å²) in [6.07, 6.45) is 1.36. The summed E-state index contributed by atoms with van der Waals surface area (Å²) in [5, 5.41) is 7.96. The van der Waals surface area contributed by atoms with Crippen LogP contribution in [0, 0.1) is 0 Å². The Morgan fingerprint density at radius 3 is 2.41 bits per heavy atom. The number of carbonyl (C=O) groups excluding carboxylic acids is 2. The van der Waals surface area contributed by atoms with E-state index in [1.165, 1.54) is 0 Å². The molecule has 1 aliphatic carbocycles. The first-order valence-corrected chi connectivity index (χ1v) is 12.8. The molecule has 1 aromatic heterocycles. The standard InChI is InChI=1S/C31H24ClN5O2/c32-27-7-2-1-6-24(27)31(39)35-22-12-8-19-11-15-25-28(30(34)38)36-37(29(25)26(19)17-22)23-13-9-18(10-14-23)20-4-3-5-21(33)16-20/h1-10,12-14,16-17H,11,15,33H2,(H2,34,38)(H,35,39). The number of primary amides is 1. The van der Waals surface area contributed by atoms with Gasteiger partial charge in [0.2, 0.25) is 0 Å². The molecule has 0 unspecified atom stereocenters. The lowest BCUT2D eigenvalue weighted by atomic mass is 9.88. The first kappa shape index (κ1) is 24.5. The number of hydrogen-bond acceptors (Lipinski definition) is 4. The number of rotatable bonds is 5. The molecule has 1 aliphatic rings. The molecule has 0 saturated carbocycles. The lowest BCUT2D eigenvalue weighted by molar-refractivity contribution is 0.0992. The number of nitrogens with one attached hydrogen (secondary N) is 1. The average molecular weight is 534 g/mol.